The average Bonchev–Trinajstić information content (AvgIpc) is 3.28. The van der Waals surface area contributed by atoms with Crippen molar-refractivity contribution in [1.82, 2.24) is 19.9 Å². The summed E-state index contributed by atoms with van der Waals surface area (Å²) in [5.41, 5.74) is 2.37. The Bertz CT molecular complexity index is 622. The van der Waals surface area contributed by atoms with E-state index in [9.17, 15) is 0 Å². The van der Waals surface area contributed by atoms with Crippen molar-refractivity contribution in [1.29, 1.82) is 0 Å². The van der Waals surface area contributed by atoms with Crippen LogP contribution in [0, 0.1) is 0 Å². The predicted octanol–water partition coefficient (Wildman–Crippen LogP) is 2.81. The summed E-state index contributed by atoms with van der Waals surface area (Å²) in [7, 11) is 0. The van der Waals surface area contributed by atoms with E-state index in [1.165, 1.54) is 36.9 Å². The third-order valence-corrected chi connectivity index (χ3v) is 4.86. The standard InChI is InChI=1S/C18H23N5/c1-2-8-19-16(6-1)17-7-5-11-23(17)14-15-12-20-18(21-13-15)22-9-3-4-10-22/h1-2,6,8,12-13,17H,3-5,7,9-11,14H2. The molecule has 1 atom stereocenters. The van der Waals surface area contributed by atoms with Gasteiger partial charge in [-0.2, -0.15) is 0 Å². The van der Waals surface area contributed by atoms with Gasteiger partial charge in [-0.25, -0.2) is 9.97 Å². The van der Waals surface area contributed by atoms with Gasteiger partial charge >= 0.3 is 0 Å². The number of likely N-dealkylation sites (tertiary alicyclic amines) is 1. The first kappa shape index (κ1) is 14.6. The maximum atomic E-state index is 4.57. The Morgan fingerprint density at radius 1 is 0.957 bits per heavy atom. The van der Waals surface area contributed by atoms with Crippen LogP contribution in [-0.4, -0.2) is 39.5 Å². The van der Waals surface area contributed by atoms with Crippen molar-refractivity contribution in [3.05, 3.63) is 48.0 Å². The summed E-state index contributed by atoms with van der Waals surface area (Å²) in [5.74, 6) is 0.883. The smallest absolute Gasteiger partial charge is 0.225 e. The highest BCUT2D eigenvalue weighted by Gasteiger charge is 2.27. The van der Waals surface area contributed by atoms with E-state index in [4.69, 9.17) is 0 Å². The number of hydrogen-bond acceptors (Lipinski definition) is 5. The zero-order chi connectivity index (χ0) is 15.5. The van der Waals surface area contributed by atoms with E-state index < -0.39 is 0 Å². The Morgan fingerprint density at radius 2 is 1.78 bits per heavy atom. The Morgan fingerprint density at radius 3 is 2.52 bits per heavy atom. The zero-order valence-electron chi connectivity index (χ0n) is 13.4. The van der Waals surface area contributed by atoms with Crippen molar-refractivity contribution in [2.75, 3.05) is 24.5 Å². The minimum atomic E-state index is 0.425. The van der Waals surface area contributed by atoms with Crippen molar-refractivity contribution in [3.8, 4) is 0 Å². The molecule has 2 aliphatic rings. The van der Waals surface area contributed by atoms with Crippen LogP contribution in [0.4, 0.5) is 5.95 Å². The highest BCUT2D eigenvalue weighted by Crippen LogP contribution is 2.31. The second-order valence-electron chi connectivity index (χ2n) is 6.47. The van der Waals surface area contributed by atoms with Gasteiger partial charge in [-0.3, -0.25) is 9.88 Å². The highest BCUT2D eigenvalue weighted by molar-refractivity contribution is 5.31. The monoisotopic (exact) mass is 309 g/mol. The number of rotatable bonds is 4. The Kier molecular flexibility index (Phi) is 4.20. The zero-order valence-corrected chi connectivity index (χ0v) is 13.4. The summed E-state index contributed by atoms with van der Waals surface area (Å²) < 4.78 is 0. The molecule has 0 aliphatic carbocycles. The fourth-order valence-electron chi connectivity index (χ4n) is 3.67. The van der Waals surface area contributed by atoms with E-state index in [1.807, 2.05) is 24.7 Å². The second kappa shape index (κ2) is 6.62. The molecule has 4 rings (SSSR count). The van der Waals surface area contributed by atoms with E-state index in [0.29, 0.717) is 6.04 Å². The van der Waals surface area contributed by atoms with Gasteiger partial charge in [-0.05, 0) is 44.4 Å². The van der Waals surface area contributed by atoms with Crippen LogP contribution in [0.2, 0.25) is 0 Å². The molecule has 2 saturated heterocycles. The number of aromatic nitrogens is 3. The number of anilines is 1. The van der Waals surface area contributed by atoms with Crippen molar-refractivity contribution >= 4 is 5.95 Å². The summed E-state index contributed by atoms with van der Waals surface area (Å²) in [6.45, 7) is 4.21. The van der Waals surface area contributed by atoms with Crippen LogP contribution in [0.15, 0.2) is 36.8 Å². The molecule has 0 aromatic carbocycles. The Balaban J connectivity index is 1.44. The quantitative estimate of drug-likeness (QED) is 0.869. The molecule has 0 N–H and O–H groups in total. The molecule has 5 heteroatoms. The van der Waals surface area contributed by atoms with Gasteiger partial charge in [-0.15, -0.1) is 0 Å². The van der Waals surface area contributed by atoms with Crippen LogP contribution in [0.25, 0.3) is 0 Å². The van der Waals surface area contributed by atoms with Crippen LogP contribution in [-0.2, 0) is 6.54 Å². The second-order valence-corrected chi connectivity index (χ2v) is 6.47. The number of nitrogens with zero attached hydrogens (tertiary/aromatic N) is 5. The lowest BCUT2D eigenvalue weighted by atomic mass is 10.1. The minimum absolute atomic E-state index is 0.425. The third-order valence-electron chi connectivity index (χ3n) is 4.86. The average molecular weight is 309 g/mol. The molecule has 0 saturated carbocycles. The lowest BCUT2D eigenvalue weighted by Gasteiger charge is -2.24. The first-order chi connectivity index (χ1) is 11.4. The van der Waals surface area contributed by atoms with Crippen LogP contribution < -0.4 is 4.90 Å². The minimum Gasteiger partial charge on any atom is -0.341 e. The van der Waals surface area contributed by atoms with Gasteiger partial charge in [0.05, 0.1) is 11.7 Å². The van der Waals surface area contributed by atoms with E-state index in [-0.39, 0.29) is 0 Å². The summed E-state index contributed by atoms with van der Waals surface area (Å²) >= 11 is 0. The molecule has 0 spiro atoms. The SMILES string of the molecule is c1ccc(C2CCCN2Cc2cnc(N3CCCC3)nc2)nc1. The summed E-state index contributed by atoms with van der Waals surface area (Å²) in [4.78, 5) is 18.5. The van der Waals surface area contributed by atoms with Crippen molar-refractivity contribution in [2.24, 2.45) is 0 Å². The number of hydrogen-bond donors (Lipinski definition) is 0. The van der Waals surface area contributed by atoms with Crippen molar-refractivity contribution in [2.45, 2.75) is 38.3 Å². The van der Waals surface area contributed by atoms with E-state index in [0.717, 1.165) is 32.1 Å². The van der Waals surface area contributed by atoms with Gasteiger partial charge in [0.15, 0.2) is 0 Å². The van der Waals surface area contributed by atoms with Crippen LogP contribution in [0.3, 0.4) is 0 Å². The molecule has 4 heterocycles. The van der Waals surface area contributed by atoms with Gasteiger partial charge in [0, 0.05) is 43.8 Å². The first-order valence-electron chi connectivity index (χ1n) is 8.61. The van der Waals surface area contributed by atoms with Crippen LogP contribution >= 0.6 is 0 Å². The molecule has 0 amide bonds. The maximum Gasteiger partial charge on any atom is 0.225 e. The molecule has 1 unspecified atom stereocenters. The van der Waals surface area contributed by atoms with Crippen molar-refractivity contribution < 1.29 is 0 Å². The molecule has 120 valence electrons. The molecule has 0 bridgehead atoms. The predicted molar refractivity (Wildman–Crippen MR) is 90.1 cm³/mol. The fourth-order valence-corrected chi connectivity index (χ4v) is 3.67. The lowest BCUT2D eigenvalue weighted by Crippen LogP contribution is -2.24. The Hall–Kier alpha value is -2.01. The molecular weight excluding hydrogens is 286 g/mol. The van der Waals surface area contributed by atoms with E-state index >= 15 is 0 Å². The summed E-state index contributed by atoms with van der Waals surface area (Å²) in [6, 6.07) is 6.62. The first-order valence-corrected chi connectivity index (χ1v) is 8.61. The third kappa shape index (κ3) is 3.20. The van der Waals surface area contributed by atoms with Crippen LogP contribution in [0.1, 0.15) is 43.0 Å². The molecule has 2 aliphatic heterocycles. The van der Waals surface area contributed by atoms with Gasteiger partial charge in [0.2, 0.25) is 5.95 Å². The van der Waals surface area contributed by atoms with E-state index in [1.54, 1.807) is 0 Å². The lowest BCUT2D eigenvalue weighted by molar-refractivity contribution is 0.244. The molecule has 2 fully saturated rings. The Labute approximate surface area is 137 Å². The van der Waals surface area contributed by atoms with E-state index in [2.05, 4.69) is 36.9 Å². The molecule has 2 aromatic rings. The van der Waals surface area contributed by atoms with Gasteiger partial charge in [0.1, 0.15) is 0 Å². The molecule has 2 aromatic heterocycles. The highest BCUT2D eigenvalue weighted by atomic mass is 15.3. The maximum absolute atomic E-state index is 4.57. The normalized spacial score (nSPS) is 21.9. The van der Waals surface area contributed by atoms with Gasteiger partial charge < -0.3 is 4.90 Å². The largest absolute Gasteiger partial charge is 0.341 e. The van der Waals surface area contributed by atoms with Gasteiger partial charge in [0.25, 0.3) is 0 Å². The van der Waals surface area contributed by atoms with Crippen molar-refractivity contribution in [3.63, 3.8) is 0 Å². The molecular formula is C18H23N5. The summed E-state index contributed by atoms with van der Waals surface area (Å²) in [6.07, 6.45) is 10.8. The fraction of sp³-hybridized carbons (Fsp3) is 0.500. The number of pyridine rings is 1. The van der Waals surface area contributed by atoms with Gasteiger partial charge in [-0.1, -0.05) is 6.07 Å². The summed E-state index contributed by atoms with van der Waals surface area (Å²) in [5, 5.41) is 0. The molecule has 23 heavy (non-hydrogen) atoms. The molecule has 5 nitrogen and oxygen atoms in total. The van der Waals surface area contributed by atoms with Crippen LogP contribution in [0.5, 0.6) is 0 Å². The molecule has 0 radical (unpaired) electrons. The topological polar surface area (TPSA) is 45.2 Å².